The molecule has 0 atom stereocenters. The lowest BCUT2D eigenvalue weighted by Crippen LogP contribution is -2.24. The van der Waals surface area contributed by atoms with Gasteiger partial charge in [0.25, 0.3) is 0 Å². The topological polar surface area (TPSA) is 29.5 Å². The molecule has 0 saturated heterocycles. The molecule has 0 amide bonds. The first kappa shape index (κ1) is 15.7. The van der Waals surface area contributed by atoms with Crippen molar-refractivity contribution < 1.29 is 9.53 Å². The number of carbonyl (C=O) groups is 1. The molecule has 0 aliphatic carbocycles. The second-order valence-corrected chi connectivity index (χ2v) is 5.01. The Bertz CT molecular complexity index is 415. The molecule has 0 aromatic heterocycles. The maximum absolute atomic E-state index is 11.0. The number of carbonyl (C=O) groups excluding carboxylic acids is 1. The first-order valence-corrected chi connectivity index (χ1v) is 6.90. The zero-order valence-corrected chi connectivity index (χ0v) is 12.5. The lowest BCUT2D eigenvalue weighted by Gasteiger charge is -2.17. The SMILES string of the molecule is CCc1ccc(OC)c(CCN(C)CCC(C)=O)c1. The smallest absolute Gasteiger partial charge is 0.131 e. The second kappa shape index (κ2) is 7.95. The van der Waals surface area contributed by atoms with E-state index in [9.17, 15) is 4.79 Å². The number of hydrogen-bond acceptors (Lipinski definition) is 3. The van der Waals surface area contributed by atoms with Gasteiger partial charge in [0.05, 0.1) is 7.11 Å². The van der Waals surface area contributed by atoms with E-state index in [1.807, 2.05) is 6.07 Å². The van der Waals surface area contributed by atoms with E-state index in [0.29, 0.717) is 6.42 Å². The molecule has 0 spiro atoms. The zero-order valence-electron chi connectivity index (χ0n) is 12.5. The molecule has 1 rings (SSSR count). The largest absolute Gasteiger partial charge is 0.496 e. The van der Waals surface area contributed by atoms with Crippen molar-refractivity contribution in [1.82, 2.24) is 4.90 Å². The van der Waals surface area contributed by atoms with Crippen LogP contribution in [0.2, 0.25) is 0 Å². The van der Waals surface area contributed by atoms with Crippen molar-refractivity contribution in [2.75, 3.05) is 27.2 Å². The third-order valence-electron chi connectivity index (χ3n) is 3.36. The highest BCUT2D eigenvalue weighted by atomic mass is 16.5. The summed E-state index contributed by atoms with van der Waals surface area (Å²) in [5.41, 5.74) is 2.58. The monoisotopic (exact) mass is 263 g/mol. The standard InChI is InChI=1S/C16H25NO2/c1-5-14-6-7-16(19-4)15(12-14)9-11-17(3)10-8-13(2)18/h6-7,12H,5,8-11H2,1-4H3. The lowest BCUT2D eigenvalue weighted by atomic mass is 10.0. The van der Waals surface area contributed by atoms with Gasteiger partial charge in [-0.25, -0.2) is 0 Å². The van der Waals surface area contributed by atoms with Gasteiger partial charge in [-0.3, -0.25) is 4.79 Å². The Morgan fingerprint density at radius 1 is 1.32 bits per heavy atom. The number of ether oxygens (including phenoxy) is 1. The van der Waals surface area contributed by atoms with Crippen LogP contribution < -0.4 is 4.74 Å². The number of rotatable bonds is 8. The molecule has 19 heavy (non-hydrogen) atoms. The van der Waals surface area contributed by atoms with Gasteiger partial charge >= 0.3 is 0 Å². The summed E-state index contributed by atoms with van der Waals surface area (Å²) in [5.74, 6) is 1.20. The molecular weight excluding hydrogens is 238 g/mol. The fraction of sp³-hybridized carbons (Fsp3) is 0.562. The van der Waals surface area contributed by atoms with Crippen molar-refractivity contribution >= 4 is 5.78 Å². The quantitative estimate of drug-likeness (QED) is 0.722. The Hall–Kier alpha value is -1.35. The van der Waals surface area contributed by atoms with Crippen LogP contribution in [0, 0.1) is 0 Å². The minimum atomic E-state index is 0.248. The third-order valence-corrected chi connectivity index (χ3v) is 3.36. The molecule has 1 aromatic carbocycles. The Balaban J connectivity index is 2.57. The van der Waals surface area contributed by atoms with E-state index in [4.69, 9.17) is 4.74 Å². The summed E-state index contributed by atoms with van der Waals surface area (Å²) in [6, 6.07) is 6.38. The van der Waals surface area contributed by atoms with Gasteiger partial charge in [0, 0.05) is 19.5 Å². The molecule has 0 aliphatic heterocycles. The predicted octanol–water partition coefficient (Wildman–Crippen LogP) is 2.71. The summed E-state index contributed by atoms with van der Waals surface area (Å²) in [6.45, 7) is 5.56. The molecule has 3 nitrogen and oxygen atoms in total. The van der Waals surface area contributed by atoms with Crippen LogP contribution in [0.3, 0.4) is 0 Å². The van der Waals surface area contributed by atoms with Crippen LogP contribution in [0.25, 0.3) is 0 Å². The minimum Gasteiger partial charge on any atom is -0.496 e. The average molecular weight is 263 g/mol. The Labute approximate surface area is 116 Å². The summed E-state index contributed by atoms with van der Waals surface area (Å²) >= 11 is 0. The fourth-order valence-electron chi connectivity index (χ4n) is 2.02. The van der Waals surface area contributed by atoms with Crippen LogP contribution in [0.15, 0.2) is 18.2 Å². The number of hydrogen-bond donors (Lipinski definition) is 0. The number of Topliss-reactive ketones (excluding diaryl/α,β-unsaturated/α-hetero) is 1. The third kappa shape index (κ3) is 5.43. The van der Waals surface area contributed by atoms with Gasteiger partial charge in [-0.2, -0.15) is 0 Å². The van der Waals surface area contributed by atoms with Crippen molar-refractivity contribution in [2.45, 2.75) is 33.1 Å². The van der Waals surface area contributed by atoms with Gasteiger partial charge in [-0.05, 0) is 44.0 Å². The molecule has 0 aliphatic rings. The summed E-state index contributed by atoms with van der Waals surface area (Å²) in [5, 5.41) is 0. The Morgan fingerprint density at radius 3 is 2.63 bits per heavy atom. The Morgan fingerprint density at radius 2 is 2.05 bits per heavy atom. The summed E-state index contributed by atoms with van der Waals surface area (Å²) in [7, 11) is 3.77. The van der Waals surface area contributed by atoms with Crippen molar-refractivity contribution in [1.29, 1.82) is 0 Å². The van der Waals surface area contributed by atoms with Gasteiger partial charge in [-0.15, -0.1) is 0 Å². The number of likely N-dealkylation sites (N-methyl/N-ethyl adjacent to an activating group) is 1. The molecule has 0 saturated carbocycles. The number of aryl methyl sites for hydroxylation is 1. The maximum Gasteiger partial charge on any atom is 0.131 e. The van der Waals surface area contributed by atoms with Gasteiger partial charge in [0.1, 0.15) is 11.5 Å². The highest BCUT2D eigenvalue weighted by molar-refractivity contribution is 5.75. The normalized spacial score (nSPS) is 10.8. The van der Waals surface area contributed by atoms with Crippen molar-refractivity contribution in [3.8, 4) is 5.75 Å². The van der Waals surface area contributed by atoms with Gasteiger partial charge in [0.2, 0.25) is 0 Å². The first-order valence-electron chi connectivity index (χ1n) is 6.90. The van der Waals surface area contributed by atoms with E-state index in [2.05, 4.69) is 31.0 Å². The maximum atomic E-state index is 11.0. The Kier molecular flexibility index (Phi) is 6.57. The van der Waals surface area contributed by atoms with Crippen LogP contribution in [0.5, 0.6) is 5.75 Å². The summed E-state index contributed by atoms with van der Waals surface area (Å²) in [6.07, 6.45) is 2.62. The van der Waals surface area contributed by atoms with E-state index in [0.717, 1.165) is 31.7 Å². The molecule has 0 unspecified atom stereocenters. The molecule has 0 heterocycles. The van der Waals surface area contributed by atoms with E-state index >= 15 is 0 Å². The molecule has 0 N–H and O–H groups in total. The first-order chi connectivity index (χ1) is 9.06. The predicted molar refractivity (Wildman–Crippen MR) is 78.9 cm³/mol. The van der Waals surface area contributed by atoms with Gasteiger partial charge < -0.3 is 9.64 Å². The number of nitrogens with zero attached hydrogens (tertiary/aromatic N) is 1. The van der Waals surface area contributed by atoms with Crippen LogP contribution in [0.4, 0.5) is 0 Å². The molecule has 3 heteroatoms. The van der Waals surface area contributed by atoms with Gasteiger partial charge in [-0.1, -0.05) is 19.1 Å². The summed E-state index contributed by atoms with van der Waals surface area (Å²) < 4.78 is 5.40. The highest BCUT2D eigenvalue weighted by Gasteiger charge is 2.06. The molecule has 106 valence electrons. The van der Waals surface area contributed by atoms with Gasteiger partial charge in [0.15, 0.2) is 0 Å². The van der Waals surface area contributed by atoms with Crippen LogP contribution in [0.1, 0.15) is 31.4 Å². The fourth-order valence-corrected chi connectivity index (χ4v) is 2.02. The minimum absolute atomic E-state index is 0.248. The number of ketones is 1. The molecule has 1 aromatic rings. The molecule has 0 fully saturated rings. The van der Waals surface area contributed by atoms with Crippen LogP contribution >= 0.6 is 0 Å². The molecular formula is C16H25NO2. The van der Waals surface area contributed by atoms with E-state index in [1.54, 1.807) is 14.0 Å². The summed E-state index contributed by atoms with van der Waals surface area (Å²) in [4.78, 5) is 13.2. The molecule has 0 radical (unpaired) electrons. The van der Waals surface area contributed by atoms with Crippen molar-refractivity contribution in [3.63, 3.8) is 0 Å². The highest BCUT2D eigenvalue weighted by Crippen LogP contribution is 2.21. The second-order valence-electron chi connectivity index (χ2n) is 5.01. The number of benzene rings is 1. The average Bonchev–Trinajstić information content (AvgIpc) is 2.42. The van der Waals surface area contributed by atoms with Crippen LogP contribution in [-0.4, -0.2) is 37.9 Å². The van der Waals surface area contributed by atoms with E-state index in [-0.39, 0.29) is 5.78 Å². The van der Waals surface area contributed by atoms with Crippen molar-refractivity contribution in [2.24, 2.45) is 0 Å². The van der Waals surface area contributed by atoms with E-state index in [1.165, 1.54) is 11.1 Å². The molecule has 0 bridgehead atoms. The zero-order chi connectivity index (χ0) is 14.3. The van der Waals surface area contributed by atoms with E-state index < -0.39 is 0 Å². The number of methoxy groups -OCH3 is 1. The lowest BCUT2D eigenvalue weighted by molar-refractivity contribution is -0.117. The van der Waals surface area contributed by atoms with Crippen LogP contribution in [-0.2, 0) is 17.6 Å². The van der Waals surface area contributed by atoms with Crippen molar-refractivity contribution in [3.05, 3.63) is 29.3 Å².